The first-order valence-corrected chi connectivity index (χ1v) is 4.89. The summed E-state index contributed by atoms with van der Waals surface area (Å²) in [5, 5.41) is 10.4. The van der Waals surface area contributed by atoms with Crippen molar-refractivity contribution in [1.82, 2.24) is 5.32 Å². The molecule has 1 aliphatic heterocycles. The molecule has 0 aromatic rings. The van der Waals surface area contributed by atoms with Crippen LogP contribution in [0.4, 0.5) is 13.2 Å². The maximum Gasteiger partial charge on any atom is 0.490 e. The molecule has 1 saturated heterocycles. The number of rotatable bonds is 2. The van der Waals surface area contributed by atoms with Crippen molar-refractivity contribution in [2.45, 2.75) is 38.7 Å². The highest BCUT2D eigenvalue weighted by molar-refractivity contribution is 5.73. The van der Waals surface area contributed by atoms with Crippen LogP contribution in [0.5, 0.6) is 0 Å². The number of carbonyl (C=O) groups is 1. The summed E-state index contributed by atoms with van der Waals surface area (Å²) < 4.78 is 37.3. The summed E-state index contributed by atoms with van der Waals surface area (Å²) in [6.07, 6.45) is -3.04. The van der Waals surface area contributed by atoms with Crippen molar-refractivity contribution in [3.05, 3.63) is 0 Å². The van der Waals surface area contributed by atoms with Gasteiger partial charge in [0.15, 0.2) is 0 Å². The van der Waals surface area contributed by atoms with Gasteiger partial charge in [-0.25, -0.2) is 4.79 Å². The molecule has 0 amide bonds. The number of hydrogen-bond donors (Lipinski definition) is 2. The summed E-state index contributed by atoms with van der Waals surface area (Å²) in [6.45, 7) is 6.33. The highest BCUT2D eigenvalue weighted by Gasteiger charge is 2.38. The van der Waals surface area contributed by atoms with Gasteiger partial charge in [0.05, 0.1) is 12.2 Å². The Balaban J connectivity index is 0.000000293. The number of aliphatic carboxylic acids is 1. The van der Waals surface area contributed by atoms with E-state index in [0.717, 1.165) is 13.1 Å². The highest BCUT2D eigenvalue weighted by Crippen LogP contribution is 2.13. The Morgan fingerprint density at radius 1 is 1.50 bits per heavy atom. The van der Waals surface area contributed by atoms with E-state index in [1.807, 2.05) is 0 Å². The Morgan fingerprint density at radius 2 is 2.00 bits per heavy atom. The van der Waals surface area contributed by atoms with E-state index in [-0.39, 0.29) is 0 Å². The van der Waals surface area contributed by atoms with Crippen molar-refractivity contribution >= 4 is 5.97 Å². The topological polar surface area (TPSA) is 58.6 Å². The first kappa shape index (κ1) is 15.2. The molecule has 16 heavy (non-hydrogen) atoms. The minimum Gasteiger partial charge on any atom is -0.475 e. The van der Waals surface area contributed by atoms with Gasteiger partial charge in [-0.05, 0) is 26.8 Å². The molecule has 4 nitrogen and oxygen atoms in total. The van der Waals surface area contributed by atoms with E-state index in [1.165, 1.54) is 6.42 Å². The molecule has 0 spiro atoms. The van der Waals surface area contributed by atoms with Crippen LogP contribution in [-0.2, 0) is 9.53 Å². The first-order valence-electron chi connectivity index (χ1n) is 4.89. The molecular weight excluding hydrogens is 227 g/mol. The van der Waals surface area contributed by atoms with Crippen molar-refractivity contribution in [1.29, 1.82) is 0 Å². The second-order valence-electron chi connectivity index (χ2n) is 3.60. The third-order valence-electron chi connectivity index (χ3n) is 1.72. The van der Waals surface area contributed by atoms with Gasteiger partial charge in [0.2, 0.25) is 0 Å². The van der Waals surface area contributed by atoms with Crippen molar-refractivity contribution in [2.75, 3.05) is 13.1 Å². The molecule has 1 atom stereocenters. The zero-order chi connectivity index (χ0) is 12.8. The molecule has 96 valence electrons. The lowest BCUT2D eigenvalue weighted by Crippen LogP contribution is -2.21. The van der Waals surface area contributed by atoms with E-state index >= 15 is 0 Å². The van der Waals surface area contributed by atoms with Crippen LogP contribution in [0.15, 0.2) is 0 Å². The number of hydrogen-bond acceptors (Lipinski definition) is 3. The molecule has 0 aromatic heterocycles. The maximum absolute atomic E-state index is 10.6. The second-order valence-corrected chi connectivity index (χ2v) is 3.60. The average Bonchev–Trinajstić information content (AvgIpc) is 2.54. The third-order valence-corrected chi connectivity index (χ3v) is 1.72. The number of alkyl halides is 3. The van der Waals surface area contributed by atoms with Gasteiger partial charge in [-0.1, -0.05) is 0 Å². The second kappa shape index (κ2) is 6.70. The Morgan fingerprint density at radius 3 is 2.25 bits per heavy atom. The number of carboxylic acid groups (broad SMARTS) is 1. The normalized spacial score (nSPS) is 20.5. The number of halogens is 3. The molecule has 2 N–H and O–H groups in total. The van der Waals surface area contributed by atoms with Gasteiger partial charge in [-0.15, -0.1) is 0 Å². The smallest absolute Gasteiger partial charge is 0.475 e. The molecule has 1 fully saturated rings. The molecule has 0 radical (unpaired) electrons. The fourth-order valence-corrected chi connectivity index (χ4v) is 1.13. The van der Waals surface area contributed by atoms with Crippen molar-refractivity contribution < 1.29 is 27.8 Å². The van der Waals surface area contributed by atoms with Crippen LogP contribution in [0, 0.1) is 0 Å². The Hall–Kier alpha value is -0.820. The van der Waals surface area contributed by atoms with Crippen molar-refractivity contribution in [3.63, 3.8) is 0 Å². The fourth-order valence-electron chi connectivity index (χ4n) is 1.13. The van der Waals surface area contributed by atoms with Gasteiger partial charge in [0.1, 0.15) is 0 Å². The van der Waals surface area contributed by atoms with Crippen LogP contribution in [0.2, 0.25) is 0 Å². The molecule has 0 aliphatic carbocycles. The first-order chi connectivity index (χ1) is 7.23. The molecule has 0 aromatic carbocycles. The van der Waals surface area contributed by atoms with Crippen molar-refractivity contribution in [2.24, 2.45) is 0 Å². The summed E-state index contributed by atoms with van der Waals surface area (Å²) in [7, 11) is 0. The Labute approximate surface area is 91.8 Å². The van der Waals surface area contributed by atoms with Gasteiger partial charge < -0.3 is 15.2 Å². The maximum atomic E-state index is 10.6. The predicted octanol–water partition coefficient (Wildman–Crippen LogP) is 1.41. The third kappa shape index (κ3) is 7.47. The largest absolute Gasteiger partial charge is 0.490 e. The minimum absolute atomic E-state index is 0.384. The molecular formula is C9H16F3NO3. The van der Waals surface area contributed by atoms with Crippen LogP contribution in [0.1, 0.15) is 20.3 Å². The van der Waals surface area contributed by atoms with Crippen LogP contribution >= 0.6 is 0 Å². The monoisotopic (exact) mass is 243 g/mol. The highest BCUT2D eigenvalue weighted by atomic mass is 19.4. The molecule has 1 heterocycles. The SMILES string of the molecule is CC(C)O[C@H]1CCNC1.O=C(O)C(F)(F)F. The summed E-state index contributed by atoms with van der Waals surface area (Å²) in [5.74, 6) is -2.76. The fraction of sp³-hybridized carbons (Fsp3) is 0.889. The molecule has 7 heteroatoms. The summed E-state index contributed by atoms with van der Waals surface area (Å²) in [6, 6.07) is 0. The molecule has 0 saturated carbocycles. The van der Waals surface area contributed by atoms with Crippen LogP contribution in [0.25, 0.3) is 0 Å². The van der Waals surface area contributed by atoms with E-state index in [0.29, 0.717) is 12.2 Å². The lowest BCUT2D eigenvalue weighted by molar-refractivity contribution is -0.192. The summed E-state index contributed by atoms with van der Waals surface area (Å²) >= 11 is 0. The number of carboxylic acids is 1. The zero-order valence-corrected chi connectivity index (χ0v) is 9.17. The van der Waals surface area contributed by atoms with Gasteiger partial charge in [0, 0.05) is 6.54 Å². The van der Waals surface area contributed by atoms with Crippen LogP contribution in [0.3, 0.4) is 0 Å². The zero-order valence-electron chi connectivity index (χ0n) is 9.17. The van der Waals surface area contributed by atoms with Crippen LogP contribution in [-0.4, -0.2) is 42.5 Å². The summed E-state index contributed by atoms with van der Waals surface area (Å²) in [4.78, 5) is 8.90. The lowest BCUT2D eigenvalue weighted by Gasteiger charge is -2.12. The van der Waals surface area contributed by atoms with Crippen LogP contribution < -0.4 is 5.32 Å². The van der Waals surface area contributed by atoms with E-state index in [4.69, 9.17) is 14.6 Å². The molecule has 1 rings (SSSR count). The van der Waals surface area contributed by atoms with Crippen molar-refractivity contribution in [3.8, 4) is 0 Å². The molecule has 1 aliphatic rings. The van der Waals surface area contributed by atoms with E-state index in [2.05, 4.69) is 19.2 Å². The number of nitrogens with one attached hydrogen (secondary N) is 1. The summed E-state index contributed by atoms with van der Waals surface area (Å²) in [5.41, 5.74) is 0. The van der Waals surface area contributed by atoms with Gasteiger partial charge in [0.25, 0.3) is 0 Å². The lowest BCUT2D eigenvalue weighted by atomic mass is 10.3. The standard InChI is InChI=1S/C7H15NO.C2HF3O2/c1-6(2)9-7-3-4-8-5-7;3-2(4,5)1(6)7/h6-8H,3-5H2,1-2H3;(H,6,7)/t7-;/m0./s1. The molecule has 0 bridgehead atoms. The van der Waals surface area contributed by atoms with E-state index in [1.54, 1.807) is 0 Å². The van der Waals surface area contributed by atoms with E-state index in [9.17, 15) is 13.2 Å². The Bertz CT molecular complexity index is 213. The molecule has 0 unspecified atom stereocenters. The Kier molecular flexibility index (Phi) is 6.35. The predicted molar refractivity (Wildman–Crippen MR) is 51.2 cm³/mol. The average molecular weight is 243 g/mol. The van der Waals surface area contributed by atoms with Gasteiger partial charge in [-0.2, -0.15) is 13.2 Å². The van der Waals surface area contributed by atoms with Gasteiger partial charge >= 0.3 is 12.1 Å². The van der Waals surface area contributed by atoms with Gasteiger partial charge in [-0.3, -0.25) is 0 Å². The quantitative estimate of drug-likeness (QED) is 0.769. The van der Waals surface area contributed by atoms with E-state index < -0.39 is 12.1 Å². The number of ether oxygens (including phenoxy) is 1. The minimum atomic E-state index is -5.08.